The van der Waals surface area contributed by atoms with E-state index in [2.05, 4.69) is 10.3 Å². The topological polar surface area (TPSA) is 46.9 Å². The Labute approximate surface area is 137 Å². The zero-order valence-electron chi connectivity index (χ0n) is 12.0. The van der Waals surface area contributed by atoms with Crippen molar-refractivity contribution in [1.82, 2.24) is 9.55 Å². The summed E-state index contributed by atoms with van der Waals surface area (Å²) in [6.07, 6.45) is 0. The smallest absolute Gasteiger partial charge is 0.267 e. The van der Waals surface area contributed by atoms with E-state index in [-0.39, 0.29) is 5.56 Å². The largest absolute Gasteiger partial charge is 0.358 e. The summed E-state index contributed by atoms with van der Waals surface area (Å²) in [6.45, 7) is 1.93. The molecule has 0 fully saturated rings. The highest BCUT2D eigenvalue weighted by Crippen LogP contribution is 2.26. The molecule has 0 aliphatic rings. The molecule has 0 spiro atoms. The van der Waals surface area contributed by atoms with Gasteiger partial charge in [-0.2, -0.15) is 0 Å². The maximum atomic E-state index is 12.9. The third-order valence-corrected chi connectivity index (χ3v) is 3.94. The number of aromatic nitrogens is 2. The summed E-state index contributed by atoms with van der Waals surface area (Å²) < 4.78 is 1.46. The third-order valence-electron chi connectivity index (χ3n) is 3.40. The molecule has 0 saturated carbocycles. The van der Waals surface area contributed by atoms with Gasteiger partial charge in [-0.1, -0.05) is 34.8 Å². The minimum absolute atomic E-state index is 0.178. The maximum absolute atomic E-state index is 12.9. The van der Waals surface area contributed by atoms with Gasteiger partial charge in [0, 0.05) is 12.1 Å². The lowest BCUT2D eigenvalue weighted by molar-refractivity contribution is 0.967. The van der Waals surface area contributed by atoms with Crippen molar-refractivity contribution in [3.63, 3.8) is 0 Å². The van der Waals surface area contributed by atoms with Gasteiger partial charge in [-0.15, -0.1) is 0 Å². The molecule has 6 heteroatoms. The summed E-state index contributed by atoms with van der Waals surface area (Å²) in [5, 5.41) is 4.39. The Morgan fingerprint density at radius 1 is 1.14 bits per heavy atom. The van der Waals surface area contributed by atoms with E-state index in [9.17, 15) is 4.79 Å². The van der Waals surface area contributed by atoms with Crippen molar-refractivity contribution in [2.45, 2.75) is 6.92 Å². The van der Waals surface area contributed by atoms with Crippen LogP contribution < -0.4 is 10.9 Å². The van der Waals surface area contributed by atoms with Crippen LogP contribution in [0.15, 0.2) is 41.2 Å². The Morgan fingerprint density at radius 3 is 2.59 bits per heavy atom. The first-order chi connectivity index (χ1) is 10.5. The van der Waals surface area contributed by atoms with Crippen LogP contribution in [-0.2, 0) is 0 Å². The summed E-state index contributed by atoms with van der Waals surface area (Å²) in [6, 6.07) is 10.6. The van der Waals surface area contributed by atoms with Gasteiger partial charge in [0.15, 0.2) is 0 Å². The van der Waals surface area contributed by atoms with Crippen molar-refractivity contribution in [3.8, 4) is 5.69 Å². The van der Waals surface area contributed by atoms with Crippen LogP contribution in [0.2, 0.25) is 10.0 Å². The van der Waals surface area contributed by atoms with Gasteiger partial charge in [0.05, 0.1) is 21.6 Å². The van der Waals surface area contributed by atoms with Crippen LogP contribution in [0.5, 0.6) is 0 Å². The lowest BCUT2D eigenvalue weighted by atomic mass is 10.1. The van der Waals surface area contributed by atoms with Crippen LogP contribution in [-0.4, -0.2) is 16.6 Å². The van der Waals surface area contributed by atoms with Crippen molar-refractivity contribution >= 4 is 40.1 Å². The van der Waals surface area contributed by atoms with Gasteiger partial charge in [-0.25, -0.2) is 9.55 Å². The fourth-order valence-corrected chi connectivity index (χ4v) is 2.85. The van der Waals surface area contributed by atoms with E-state index in [0.29, 0.717) is 32.6 Å². The molecular weight excluding hydrogens is 321 g/mol. The normalized spacial score (nSPS) is 10.9. The lowest BCUT2D eigenvalue weighted by Gasteiger charge is -2.14. The number of anilines is 1. The van der Waals surface area contributed by atoms with Crippen molar-refractivity contribution in [2.75, 3.05) is 12.4 Å². The minimum Gasteiger partial charge on any atom is -0.358 e. The van der Waals surface area contributed by atoms with E-state index < -0.39 is 0 Å². The summed E-state index contributed by atoms with van der Waals surface area (Å²) in [7, 11) is 1.71. The molecule has 22 heavy (non-hydrogen) atoms. The van der Waals surface area contributed by atoms with E-state index in [1.807, 2.05) is 25.1 Å². The van der Waals surface area contributed by atoms with Crippen LogP contribution in [0.1, 0.15) is 5.56 Å². The summed E-state index contributed by atoms with van der Waals surface area (Å²) in [5.74, 6) is 0.422. The lowest BCUT2D eigenvalue weighted by Crippen LogP contribution is -2.23. The average Bonchev–Trinajstić information content (AvgIpc) is 2.49. The van der Waals surface area contributed by atoms with E-state index >= 15 is 0 Å². The Bertz CT molecular complexity index is 935. The molecule has 0 bridgehead atoms. The molecule has 3 aromatic rings. The summed E-state index contributed by atoms with van der Waals surface area (Å²) >= 11 is 12.2. The number of hydrogen-bond acceptors (Lipinski definition) is 3. The molecular formula is C16H13Cl2N3O. The van der Waals surface area contributed by atoms with Gasteiger partial charge in [0.2, 0.25) is 5.95 Å². The second-order valence-electron chi connectivity index (χ2n) is 4.94. The van der Waals surface area contributed by atoms with Gasteiger partial charge < -0.3 is 5.32 Å². The number of halogens is 2. The maximum Gasteiger partial charge on any atom is 0.267 e. The number of nitrogens with zero attached hydrogens (tertiary/aromatic N) is 2. The molecule has 4 nitrogen and oxygen atoms in total. The predicted octanol–water partition coefficient (Wildman–Crippen LogP) is 4.04. The van der Waals surface area contributed by atoms with Crippen LogP contribution in [0.3, 0.4) is 0 Å². The average molecular weight is 334 g/mol. The minimum atomic E-state index is -0.178. The van der Waals surface area contributed by atoms with E-state index in [1.54, 1.807) is 25.2 Å². The molecule has 1 N–H and O–H groups in total. The highest BCUT2D eigenvalue weighted by Gasteiger charge is 2.14. The number of aryl methyl sites for hydroxylation is 1. The van der Waals surface area contributed by atoms with Gasteiger partial charge in [-0.3, -0.25) is 4.79 Å². The zero-order valence-corrected chi connectivity index (χ0v) is 13.5. The second kappa shape index (κ2) is 5.63. The van der Waals surface area contributed by atoms with Gasteiger partial charge in [0.25, 0.3) is 5.56 Å². The molecule has 1 heterocycles. The Kier molecular flexibility index (Phi) is 3.81. The number of nitrogens with one attached hydrogen (secondary N) is 1. The Balaban J connectivity index is 2.41. The fraction of sp³-hybridized carbons (Fsp3) is 0.125. The van der Waals surface area contributed by atoms with Crippen molar-refractivity contribution in [3.05, 3.63) is 62.4 Å². The molecule has 0 unspecified atom stereocenters. The quantitative estimate of drug-likeness (QED) is 0.769. The van der Waals surface area contributed by atoms with Gasteiger partial charge in [0.1, 0.15) is 0 Å². The molecule has 0 radical (unpaired) electrons. The molecule has 112 valence electrons. The first-order valence-electron chi connectivity index (χ1n) is 6.68. The monoisotopic (exact) mass is 333 g/mol. The zero-order chi connectivity index (χ0) is 15.9. The Morgan fingerprint density at radius 2 is 1.91 bits per heavy atom. The van der Waals surface area contributed by atoms with Crippen LogP contribution in [0.4, 0.5) is 5.95 Å². The molecule has 0 saturated heterocycles. The number of fused-ring (bicyclic) bond motifs is 1. The molecule has 0 amide bonds. The number of rotatable bonds is 2. The summed E-state index contributed by atoms with van der Waals surface area (Å²) in [5.41, 5.74) is 2.00. The fourth-order valence-electron chi connectivity index (χ4n) is 2.35. The molecule has 2 aromatic carbocycles. The van der Waals surface area contributed by atoms with E-state index in [4.69, 9.17) is 23.2 Å². The highest BCUT2D eigenvalue weighted by molar-refractivity contribution is 6.35. The van der Waals surface area contributed by atoms with Crippen LogP contribution in [0.25, 0.3) is 16.6 Å². The molecule has 3 rings (SSSR count). The van der Waals surface area contributed by atoms with Gasteiger partial charge in [-0.05, 0) is 37.3 Å². The summed E-state index contributed by atoms with van der Waals surface area (Å²) in [4.78, 5) is 17.4. The first-order valence-corrected chi connectivity index (χ1v) is 7.43. The SMILES string of the molecule is CNc1nc2ccc(C)cc2c(=O)n1-c1ccc(Cl)cc1Cl. The molecule has 1 aromatic heterocycles. The van der Waals surface area contributed by atoms with Crippen LogP contribution in [0, 0.1) is 6.92 Å². The number of hydrogen-bond donors (Lipinski definition) is 1. The van der Waals surface area contributed by atoms with Gasteiger partial charge >= 0.3 is 0 Å². The molecule has 0 aliphatic carbocycles. The third kappa shape index (κ3) is 2.45. The number of benzene rings is 2. The highest BCUT2D eigenvalue weighted by atomic mass is 35.5. The molecule has 0 aliphatic heterocycles. The van der Waals surface area contributed by atoms with E-state index in [1.165, 1.54) is 4.57 Å². The van der Waals surface area contributed by atoms with Crippen molar-refractivity contribution in [2.24, 2.45) is 0 Å². The molecule has 0 atom stereocenters. The van der Waals surface area contributed by atoms with Crippen molar-refractivity contribution < 1.29 is 0 Å². The Hall–Kier alpha value is -2.04. The van der Waals surface area contributed by atoms with Crippen LogP contribution >= 0.6 is 23.2 Å². The van der Waals surface area contributed by atoms with E-state index in [0.717, 1.165) is 5.56 Å². The standard InChI is InChI=1S/C16H13Cl2N3O/c1-9-3-5-13-11(7-9)15(22)21(16(19-2)20-13)14-6-4-10(17)8-12(14)18/h3-8H,1-2H3,(H,19,20). The predicted molar refractivity (Wildman–Crippen MR) is 91.6 cm³/mol. The first kappa shape index (κ1) is 14.9. The van der Waals surface area contributed by atoms with Crippen molar-refractivity contribution in [1.29, 1.82) is 0 Å². The second-order valence-corrected chi connectivity index (χ2v) is 5.79.